The number of aromatic nitrogens is 3. The average Bonchev–Trinajstić information content (AvgIpc) is 3.07. The molecule has 0 spiro atoms. The first-order valence-electron chi connectivity index (χ1n) is 12.3. The molecule has 3 fully saturated rings. The molecule has 2 bridgehead atoms. The van der Waals surface area contributed by atoms with Crippen molar-refractivity contribution < 1.29 is 9.13 Å². The lowest BCUT2D eigenvalue weighted by Crippen LogP contribution is -2.46. The molecule has 0 radical (unpaired) electrons. The second-order valence-corrected chi connectivity index (χ2v) is 10.4. The number of piperidine rings is 1. The Balaban J connectivity index is 1.02. The Hall–Kier alpha value is -1.99. The van der Waals surface area contributed by atoms with Gasteiger partial charge in [0.15, 0.2) is 0 Å². The molecule has 2 aromatic rings. The van der Waals surface area contributed by atoms with Gasteiger partial charge in [0.05, 0.1) is 12.7 Å². The lowest BCUT2D eigenvalue weighted by atomic mass is 9.99. The Morgan fingerprint density at radius 2 is 1.91 bits per heavy atom. The monoisotopic (exact) mass is 440 g/mol. The largest absolute Gasteiger partial charge is 0.373 e. The number of hydrogen-bond acceptors (Lipinski definition) is 4. The van der Waals surface area contributed by atoms with Crippen molar-refractivity contribution in [2.45, 2.75) is 89.8 Å². The van der Waals surface area contributed by atoms with E-state index in [1.165, 1.54) is 25.3 Å². The number of fused-ring (bicyclic) bond motifs is 3. The smallest absolute Gasteiger partial charge is 0.345 e. The highest BCUT2D eigenvalue weighted by Gasteiger charge is 2.46. The third-order valence-electron chi connectivity index (χ3n) is 8.36. The van der Waals surface area contributed by atoms with E-state index >= 15 is 0 Å². The Kier molecular flexibility index (Phi) is 5.22. The van der Waals surface area contributed by atoms with E-state index in [1.54, 1.807) is 10.7 Å². The zero-order valence-electron chi connectivity index (χ0n) is 18.9. The summed E-state index contributed by atoms with van der Waals surface area (Å²) in [4.78, 5) is 15.2. The minimum atomic E-state index is -0.160. The first kappa shape index (κ1) is 20.6. The molecule has 1 saturated carbocycles. The van der Waals surface area contributed by atoms with Gasteiger partial charge in [0, 0.05) is 43.7 Å². The number of rotatable bonds is 7. The molecule has 7 heteroatoms. The van der Waals surface area contributed by atoms with Crippen LogP contribution in [0.1, 0.15) is 55.5 Å². The van der Waals surface area contributed by atoms with Crippen LogP contribution in [0.4, 0.5) is 4.39 Å². The summed E-state index contributed by atoms with van der Waals surface area (Å²) in [7, 11) is 0. The number of halogens is 1. The lowest BCUT2D eigenvalue weighted by molar-refractivity contribution is -0.0305. The number of nitrogens with zero attached hydrogens (tertiary/aromatic N) is 4. The first-order valence-corrected chi connectivity index (χ1v) is 12.3. The molecular formula is C25H33FN4O2. The molecule has 3 aliphatic heterocycles. The summed E-state index contributed by atoms with van der Waals surface area (Å²) in [6.45, 7) is 5.07. The van der Waals surface area contributed by atoms with Gasteiger partial charge in [0.1, 0.15) is 11.6 Å². The third kappa shape index (κ3) is 3.73. The minimum absolute atomic E-state index is 0.0891. The maximum absolute atomic E-state index is 14.1. The van der Waals surface area contributed by atoms with Gasteiger partial charge in [-0.25, -0.2) is 13.9 Å². The topological polar surface area (TPSA) is 52.3 Å². The molecule has 1 aromatic heterocycles. The second kappa shape index (κ2) is 8.10. The zero-order valence-corrected chi connectivity index (χ0v) is 18.9. The summed E-state index contributed by atoms with van der Waals surface area (Å²) in [5.41, 5.74) is 1.75. The number of benzene rings is 1. The van der Waals surface area contributed by atoms with Crippen LogP contribution in [0.2, 0.25) is 0 Å². The molecule has 4 aliphatic rings. The van der Waals surface area contributed by atoms with Crippen molar-refractivity contribution in [2.75, 3.05) is 6.54 Å². The second-order valence-electron chi connectivity index (χ2n) is 10.4. The van der Waals surface area contributed by atoms with Crippen molar-refractivity contribution in [3.63, 3.8) is 0 Å². The molecule has 4 unspecified atom stereocenters. The third-order valence-corrected chi connectivity index (χ3v) is 8.36. The van der Waals surface area contributed by atoms with Gasteiger partial charge < -0.3 is 4.74 Å². The highest BCUT2D eigenvalue weighted by atomic mass is 19.1. The standard InChI is InChI=1S/C25H33FN4O2/c1-16-4-2-5-23(26)22(16)15-32-21-11-19-7-8-20(12-21)29(19)13-17-10-18(17)14-30-25(31)28-9-3-6-24(28)27-30/h2,4-5,17-21H,3,6-15H2,1H3. The van der Waals surface area contributed by atoms with Crippen molar-refractivity contribution >= 4 is 0 Å². The number of aryl methyl sites for hydroxylation is 2. The maximum Gasteiger partial charge on any atom is 0.345 e. The molecule has 0 amide bonds. The normalized spacial score (nSPS) is 31.2. The summed E-state index contributed by atoms with van der Waals surface area (Å²) in [6.07, 6.45) is 8.01. The van der Waals surface area contributed by atoms with E-state index in [4.69, 9.17) is 4.74 Å². The van der Waals surface area contributed by atoms with Gasteiger partial charge >= 0.3 is 5.69 Å². The average molecular weight is 441 g/mol. The van der Waals surface area contributed by atoms with Gasteiger partial charge in [-0.2, -0.15) is 5.10 Å². The van der Waals surface area contributed by atoms with Crippen molar-refractivity contribution in [2.24, 2.45) is 11.8 Å². The summed E-state index contributed by atoms with van der Waals surface area (Å²) >= 11 is 0. The molecular weight excluding hydrogens is 407 g/mol. The molecule has 0 N–H and O–H groups in total. The zero-order chi connectivity index (χ0) is 21.8. The quantitative estimate of drug-likeness (QED) is 0.663. The molecule has 1 aromatic carbocycles. The molecule has 2 saturated heterocycles. The van der Waals surface area contributed by atoms with Crippen LogP contribution >= 0.6 is 0 Å². The van der Waals surface area contributed by atoms with Gasteiger partial charge in [0.2, 0.25) is 0 Å². The molecule has 1 aliphatic carbocycles. The van der Waals surface area contributed by atoms with Gasteiger partial charge in [-0.05, 0) is 68.9 Å². The van der Waals surface area contributed by atoms with E-state index in [0.29, 0.717) is 36.1 Å². The summed E-state index contributed by atoms with van der Waals surface area (Å²) in [5.74, 6) is 2.07. The highest BCUT2D eigenvalue weighted by molar-refractivity contribution is 5.26. The fourth-order valence-electron chi connectivity index (χ4n) is 6.37. The number of hydrogen-bond donors (Lipinski definition) is 0. The van der Waals surface area contributed by atoms with Crippen LogP contribution in [0.3, 0.4) is 0 Å². The summed E-state index contributed by atoms with van der Waals surface area (Å²) in [6, 6.07) is 6.40. The van der Waals surface area contributed by atoms with Crippen LogP contribution in [0, 0.1) is 24.6 Å². The fraction of sp³-hybridized carbons (Fsp3) is 0.680. The van der Waals surface area contributed by atoms with Crippen LogP contribution in [-0.4, -0.2) is 44.0 Å². The van der Waals surface area contributed by atoms with Gasteiger partial charge in [-0.3, -0.25) is 9.47 Å². The van der Waals surface area contributed by atoms with Crippen molar-refractivity contribution in [3.8, 4) is 0 Å². The molecule has 172 valence electrons. The van der Waals surface area contributed by atoms with E-state index in [1.807, 2.05) is 17.6 Å². The fourth-order valence-corrected chi connectivity index (χ4v) is 6.37. The Morgan fingerprint density at radius 1 is 1.12 bits per heavy atom. The SMILES string of the molecule is Cc1cccc(F)c1COC1CC2CCC(C1)N2CC1CC1Cn1nc2n(c1=O)CCC2. The van der Waals surface area contributed by atoms with Crippen LogP contribution < -0.4 is 5.69 Å². The predicted octanol–water partition coefficient (Wildman–Crippen LogP) is 3.29. The molecule has 4 heterocycles. The van der Waals surface area contributed by atoms with E-state index in [9.17, 15) is 9.18 Å². The maximum atomic E-state index is 14.1. The molecule has 6 nitrogen and oxygen atoms in total. The van der Waals surface area contributed by atoms with Crippen molar-refractivity contribution in [1.82, 2.24) is 19.2 Å². The summed E-state index contributed by atoms with van der Waals surface area (Å²) in [5, 5.41) is 4.57. The highest BCUT2D eigenvalue weighted by Crippen LogP contribution is 2.45. The number of ether oxygens (including phenoxy) is 1. The Morgan fingerprint density at radius 3 is 2.66 bits per heavy atom. The molecule has 6 rings (SSSR count). The van der Waals surface area contributed by atoms with Crippen LogP contribution in [0.15, 0.2) is 23.0 Å². The van der Waals surface area contributed by atoms with Crippen LogP contribution in [0.25, 0.3) is 0 Å². The van der Waals surface area contributed by atoms with E-state index < -0.39 is 0 Å². The van der Waals surface area contributed by atoms with Crippen molar-refractivity contribution in [3.05, 3.63) is 51.5 Å². The van der Waals surface area contributed by atoms with Gasteiger partial charge in [-0.15, -0.1) is 0 Å². The predicted molar refractivity (Wildman–Crippen MR) is 119 cm³/mol. The minimum Gasteiger partial charge on any atom is -0.373 e. The van der Waals surface area contributed by atoms with E-state index in [0.717, 1.165) is 56.7 Å². The lowest BCUT2D eigenvalue weighted by Gasteiger charge is -2.39. The Labute approximate surface area is 188 Å². The Bertz CT molecular complexity index is 1030. The molecule has 4 atom stereocenters. The first-order chi connectivity index (χ1) is 15.6. The van der Waals surface area contributed by atoms with Gasteiger partial charge in [0.25, 0.3) is 0 Å². The molecule has 32 heavy (non-hydrogen) atoms. The van der Waals surface area contributed by atoms with Crippen molar-refractivity contribution in [1.29, 1.82) is 0 Å². The van der Waals surface area contributed by atoms with E-state index in [2.05, 4.69) is 10.00 Å². The van der Waals surface area contributed by atoms with E-state index in [-0.39, 0.29) is 17.6 Å². The summed E-state index contributed by atoms with van der Waals surface area (Å²) < 4.78 is 23.9. The van der Waals surface area contributed by atoms with Crippen LogP contribution in [-0.2, 0) is 30.9 Å². The van der Waals surface area contributed by atoms with Crippen LogP contribution in [0.5, 0.6) is 0 Å². The van der Waals surface area contributed by atoms with Gasteiger partial charge in [-0.1, -0.05) is 12.1 Å².